The number of amides is 1. The Morgan fingerprint density at radius 2 is 2.04 bits per heavy atom. The van der Waals surface area contributed by atoms with Gasteiger partial charge in [0.15, 0.2) is 0 Å². The maximum absolute atomic E-state index is 12.3. The van der Waals surface area contributed by atoms with E-state index in [1.807, 2.05) is 24.1 Å². The summed E-state index contributed by atoms with van der Waals surface area (Å²) in [4.78, 5) is 18.6. The molecule has 1 fully saturated rings. The Kier molecular flexibility index (Phi) is 5.11. The lowest BCUT2D eigenvalue weighted by Gasteiger charge is -2.18. The molecule has 0 bridgehead atoms. The number of nitrogens with zero attached hydrogens (tertiary/aromatic N) is 3. The van der Waals surface area contributed by atoms with Crippen LogP contribution < -0.4 is 11.1 Å². The highest BCUT2D eigenvalue weighted by molar-refractivity contribution is 5.82. The van der Waals surface area contributed by atoms with Crippen LogP contribution >= 0.6 is 0 Å². The third-order valence-corrected chi connectivity index (χ3v) is 4.77. The summed E-state index contributed by atoms with van der Waals surface area (Å²) >= 11 is 0. The van der Waals surface area contributed by atoms with Gasteiger partial charge in [0.25, 0.3) is 0 Å². The molecule has 0 spiro atoms. The normalized spacial score (nSPS) is 21.1. The van der Waals surface area contributed by atoms with Crippen molar-refractivity contribution in [1.82, 2.24) is 20.4 Å². The van der Waals surface area contributed by atoms with E-state index >= 15 is 0 Å². The van der Waals surface area contributed by atoms with Crippen LogP contribution in [0.2, 0.25) is 0 Å². The molecule has 140 valence electrons. The Hall–Kier alpha value is -2.25. The lowest BCUT2D eigenvalue weighted by molar-refractivity contribution is -0.125. The van der Waals surface area contributed by atoms with E-state index in [1.54, 1.807) is 0 Å². The molecule has 1 saturated heterocycles. The van der Waals surface area contributed by atoms with E-state index in [0.717, 1.165) is 12.1 Å². The number of nitrogens with two attached hydrogens (primary N) is 1. The first kappa shape index (κ1) is 18.5. The highest BCUT2D eigenvalue weighted by Gasteiger charge is 2.32. The molecule has 7 nitrogen and oxygen atoms in total. The van der Waals surface area contributed by atoms with Crippen molar-refractivity contribution >= 4 is 5.91 Å². The first-order valence-electron chi connectivity index (χ1n) is 8.91. The van der Waals surface area contributed by atoms with Crippen LogP contribution in [0.15, 0.2) is 28.8 Å². The van der Waals surface area contributed by atoms with E-state index in [2.05, 4.69) is 48.4 Å². The van der Waals surface area contributed by atoms with Crippen LogP contribution in [0.5, 0.6) is 0 Å². The van der Waals surface area contributed by atoms with Gasteiger partial charge in [0.1, 0.15) is 0 Å². The molecule has 1 aliphatic heterocycles. The standard InChI is InChI=1S/C19H27N5O2/c1-19(2,3)13-7-5-12(6-8-13)17-22-16(26-23-17)10-21-18(25)15-9-14(20)11-24(15)4/h5-8,14-15H,9-11,20H2,1-4H3,(H,21,25)/t14-,15-/m0/s1. The maximum Gasteiger partial charge on any atom is 0.246 e. The number of carbonyl (C=O) groups is 1. The summed E-state index contributed by atoms with van der Waals surface area (Å²) in [7, 11) is 1.91. The van der Waals surface area contributed by atoms with Crippen molar-refractivity contribution in [3.63, 3.8) is 0 Å². The molecule has 1 aromatic carbocycles. The number of nitrogens with one attached hydrogen (secondary N) is 1. The van der Waals surface area contributed by atoms with Gasteiger partial charge in [-0.2, -0.15) is 4.98 Å². The second kappa shape index (κ2) is 7.17. The predicted octanol–water partition coefficient (Wildman–Crippen LogP) is 1.68. The monoisotopic (exact) mass is 357 g/mol. The van der Waals surface area contributed by atoms with E-state index in [0.29, 0.717) is 18.1 Å². The zero-order valence-corrected chi connectivity index (χ0v) is 15.8. The molecule has 1 amide bonds. The highest BCUT2D eigenvalue weighted by Crippen LogP contribution is 2.25. The van der Waals surface area contributed by atoms with E-state index in [9.17, 15) is 4.79 Å². The van der Waals surface area contributed by atoms with Gasteiger partial charge in [0, 0.05) is 18.2 Å². The fourth-order valence-electron chi connectivity index (χ4n) is 3.19. The number of rotatable bonds is 4. The van der Waals surface area contributed by atoms with Gasteiger partial charge >= 0.3 is 0 Å². The molecule has 7 heteroatoms. The van der Waals surface area contributed by atoms with Crippen molar-refractivity contribution in [1.29, 1.82) is 0 Å². The van der Waals surface area contributed by atoms with E-state index in [1.165, 1.54) is 5.56 Å². The van der Waals surface area contributed by atoms with Crippen molar-refractivity contribution in [3.8, 4) is 11.4 Å². The lowest BCUT2D eigenvalue weighted by Crippen LogP contribution is -2.41. The molecule has 2 aromatic rings. The van der Waals surface area contributed by atoms with Crippen LogP contribution in [0, 0.1) is 0 Å². The first-order valence-corrected chi connectivity index (χ1v) is 8.91. The van der Waals surface area contributed by atoms with E-state index < -0.39 is 0 Å². The van der Waals surface area contributed by atoms with Gasteiger partial charge in [-0.25, -0.2) is 0 Å². The Balaban J connectivity index is 1.60. The van der Waals surface area contributed by atoms with Crippen LogP contribution in [0.3, 0.4) is 0 Å². The molecule has 26 heavy (non-hydrogen) atoms. The largest absolute Gasteiger partial charge is 0.346 e. The Bertz CT molecular complexity index is 763. The molecular formula is C19H27N5O2. The summed E-state index contributed by atoms with van der Waals surface area (Å²) in [6.07, 6.45) is 0.664. The van der Waals surface area contributed by atoms with E-state index in [4.69, 9.17) is 10.3 Å². The molecule has 3 N–H and O–H groups in total. The van der Waals surface area contributed by atoms with Crippen molar-refractivity contribution in [2.24, 2.45) is 5.73 Å². The van der Waals surface area contributed by atoms with Crippen LogP contribution in [0.4, 0.5) is 0 Å². The quantitative estimate of drug-likeness (QED) is 0.864. The minimum absolute atomic E-state index is 0.0434. The molecule has 2 heterocycles. The molecule has 1 aromatic heterocycles. The van der Waals surface area contributed by atoms with Gasteiger partial charge < -0.3 is 15.6 Å². The van der Waals surface area contributed by atoms with Gasteiger partial charge in [-0.05, 0) is 24.4 Å². The topological polar surface area (TPSA) is 97.3 Å². The molecule has 0 aliphatic carbocycles. The minimum Gasteiger partial charge on any atom is -0.346 e. The Labute approximate surface area is 153 Å². The minimum atomic E-state index is -0.197. The van der Waals surface area contributed by atoms with E-state index in [-0.39, 0.29) is 30.0 Å². The number of aromatic nitrogens is 2. The van der Waals surface area contributed by atoms with Gasteiger partial charge in [-0.1, -0.05) is 50.2 Å². The van der Waals surface area contributed by atoms with Gasteiger partial charge in [-0.15, -0.1) is 0 Å². The van der Waals surface area contributed by atoms with Crippen molar-refractivity contribution in [2.45, 2.75) is 51.2 Å². The Morgan fingerprint density at radius 3 is 2.62 bits per heavy atom. The summed E-state index contributed by atoms with van der Waals surface area (Å²) in [5, 5.41) is 6.87. The van der Waals surface area contributed by atoms with Crippen LogP contribution in [-0.4, -0.2) is 46.6 Å². The fourth-order valence-corrected chi connectivity index (χ4v) is 3.19. The van der Waals surface area contributed by atoms with Gasteiger partial charge in [0.05, 0.1) is 12.6 Å². The summed E-state index contributed by atoms with van der Waals surface area (Å²) < 4.78 is 5.26. The second-order valence-corrected chi connectivity index (χ2v) is 8.01. The summed E-state index contributed by atoms with van der Waals surface area (Å²) in [5.41, 5.74) is 8.14. The van der Waals surface area contributed by atoms with Crippen molar-refractivity contribution < 1.29 is 9.32 Å². The molecule has 0 saturated carbocycles. The second-order valence-electron chi connectivity index (χ2n) is 8.01. The van der Waals surface area contributed by atoms with Crippen LogP contribution in [0.1, 0.15) is 38.6 Å². The van der Waals surface area contributed by atoms with Crippen LogP contribution in [-0.2, 0) is 16.8 Å². The highest BCUT2D eigenvalue weighted by atomic mass is 16.5. The third kappa shape index (κ3) is 4.11. The number of likely N-dealkylation sites (tertiary alicyclic amines) is 1. The number of hydrogen-bond donors (Lipinski definition) is 2. The van der Waals surface area contributed by atoms with Crippen molar-refractivity contribution in [2.75, 3.05) is 13.6 Å². The predicted molar refractivity (Wildman–Crippen MR) is 99.3 cm³/mol. The number of hydrogen-bond acceptors (Lipinski definition) is 6. The Morgan fingerprint density at radius 1 is 1.35 bits per heavy atom. The lowest BCUT2D eigenvalue weighted by atomic mass is 9.87. The maximum atomic E-state index is 12.3. The molecule has 1 aliphatic rings. The SMILES string of the molecule is CN1C[C@@H](N)C[C@H]1C(=O)NCc1nc(-c2ccc(C(C)(C)C)cc2)no1. The number of benzene rings is 1. The van der Waals surface area contributed by atoms with Gasteiger partial charge in [0.2, 0.25) is 17.6 Å². The molecular weight excluding hydrogens is 330 g/mol. The molecule has 0 unspecified atom stereocenters. The third-order valence-electron chi connectivity index (χ3n) is 4.77. The molecule has 2 atom stereocenters. The fraction of sp³-hybridized carbons (Fsp3) is 0.526. The van der Waals surface area contributed by atoms with Crippen LogP contribution in [0.25, 0.3) is 11.4 Å². The van der Waals surface area contributed by atoms with Crippen molar-refractivity contribution in [3.05, 3.63) is 35.7 Å². The summed E-state index contributed by atoms with van der Waals surface area (Å²) in [6.45, 7) is 7.46. The average molecular weight is 357 g/mol. The average Bonchev–Trinajstić information content (AvgIpc) is 3.18. The number of likely N-dealkylation sites (N-methyl/N-ethyl adjacent to an activating group) is 1. The first-order chi connectivity index (χ1) is 12.2. The summed E-state index contributed by atoms with van der Waals surface area (Å²) in [6, 6.07) is 7.98. The molecule has 0 radical (unpaired) electrons. The zero-order valence-electron chi connectivity index (χ0n) is 15.8. The summed E-state index contributed by atoms with van der Waals surface area (Å²) in [5.74, 6) is 0.850. The van der Waals surface area contributed by atoms with Gasteiger partial charge in [-0.3, -0.25) is 9.69 Å². The number of carbonyl (C=O) groups excluding carboxylic acids is 1. The molecule has 3 rings (SSSR count). The zero-order chi connectivity index (χ0) is 18.9. The smallest absolute Gasteiger partial charge is 0.246 e.